The van der Waals surface area contributed by atoms with E-state index in [9.17, 15) is 24.6 Å². The monoisotopic (exact) mass is 1200 g/mol. The number of aromatic hydroxyl groups is 1. The van der Waals surface area contributed by atoms with Gasteiger partial charge in [-0.3, -0.25) is 19.5 Å². The molecule has 2 bridgehead atoms. The van der Waals surface area contributed by atoms with Crippen molar-refractivity contribution in [3.63, 3.8) is 0 Å². The Kier molecular flexibility index (Phi) is 15.5. The Balaban J connectivity index is 0.631. The van der Waals surface area contributed by atoms with Crippen LogP contribution in [0.1, 0.15) is 94.7 Å². The number of phenolic OH excluding ortho intramolecular Hbond substituents is 1. The highest BCUT2D eigenvalue weighted by Gasteiger charge is 2.51. The fourth-order valence-corrected chi connectivity index (χ4v) is 15.2. The molecule has 446 valence electrons. The second-order valence-corrected chi connectivity index (χ2v) is 25.5. The van der Waals surface area contributed by atoms with Gasteiger partial charge in [-0.1, -0.05) is 67.0 Å². The summed E-state index contributed by atoms with van der Waals surface area (Å²) >= 11 is 8.28. The number of carbonyl (C=O) groups excluding carboxylic acids is 3. The number of β-amino-alcohol motifs (C(OH)–C–C–N with tert-alkyl or cyclic N) is 1. The minimum atomic E-state index is -0.867. The topological polar surface area (TPSA) is 228 Å². The van der Waals surface area contributed by atoms with Crippen LogP contribution in [0.2, 0.25) is 5.02 Å². The number of carbonyl (C=O) groups is 3. The van der Waals surface area contributed by atoms with Gasteiger partial charge in [0.2, 0.25) is 11.8 Å². The molecule has 85 heavy (non-hydrogen) atoms. The van der Waals surface area contributed by atoms with Gasteiger partial charge in [0.15, 0.2) is 17.4 Å². The zero-order chi connectivity index (χ0) is 58.8. The summed E-state index contributed by atoms with van der Waals surface area (Å²) in [5.74, 6) is -0.870. The molecule has 3 aromatic carbocycles. The van der Waals surface area contributed by atoms with E-state index in [2.05, 4.69) is 35.6 Å². The van der Waals surface area contributed by atoms with Crippen molar-refractivity contribution >= 4 is 74.2 Å². The standard InChI is InChI=1S/C62H70ClFN12O8S/c1-34(2)51(59(80)75-30-44(78)25-48(75)58(79)67-35(3)37-9-11-38(12-10-37)56-36(4)66-33-85-56)49-26-50(71-84-49)72-19-21-73(22-20-72)61(81)82-31-42-15-17-62(16-6-18-76(42)62)32-83-60-69-55-46(57(70-60)74-28-40-13-14-41(29-74)68-40)27-65-54(53(55)64)45-24-43(77)23-39-7-5-8-47(63)52(39)45/h5,7-12,23-24,26-27,33-35,40-42,44,48,51,68,77-78H,6,13-22,25,28-32H2,1-4H3,(H,67,79)/t35-,40-,41+,42-,44+,48-,51+,62+/m0/s1. The van der Waals surface area contributed by atoms with Crippen LogP contribution >= 0.6 is 22.9 Å². The maximum absolute atomic E-state index is 17.2. The zero-order valence-electron chi connectivity index (χ0n) is 48.0. The lowest BCUT2D eigenvalue weighted by molar-refractivity contribution is -0.141. The number of hydrogen-bond acceptors (Lipinski definition) is 18. The van der Waals surface area contributed by atoms with Crippen molar-refractivity contribution in [1.82, 2.24) is 50.4 Å². The van der Waals surface area contributed by atoms with Crippen LogP contribution in [0.15, 0.2) is 76.9 Å². The maximum atomic E-state index is 17.2. The third kappa shape index (κ3) is 11.0. The molecule has 4 aromatic heterocycles. The third-order valence-corrected chi connectivity index (χ3v) is 19.8. The van der Waals surface area contributed by atoms with E-state index in [4.69, 9.17) is 35.6 Å². The second kappa shape index (κ2) is 23.2. The first kappa shape index (κ1) is 56.9. The van der Waals surface area contributed by atoms with Crippen molar-refractivity contribution in [1.29, 1.82) is 0 Å². The molecular weight excluding hydrogens is 1130 g/mol. The molecule has 10 heterocycles. The van der Waals surface area contributed by atoms with Crippen molar-refractivity contribution < 1.29 is 43.0 Å². The van der Waals surface area contributed by atoms with Crippen LogP contribution in [0, 0.1) is 18.7 Å². The molecule has 13 rings (SSSR count). The number of anilines is 2. The van der Waals surface area contributed by atoms with Gasteiger partial charge >= 0.3 is 12.1 Å². The summed E-state index contributed by atoms with van der Waals surface area (Å²) < 4.78 is 35.8. The lowest BCUT2D eigenvalue weighted by atomic mass is 9.91. The van der Waals surface area contributed by atoms with Gasteiger partial charge in [0.05, 0.1) is 39.2 Å². The zero-order valence-corrected chi connectivity index (χ0v) is 49.6. The van der Waals surface area contributed by atoms with Gasteiger partial charge in [-0.25, -0.2) is 14.2 Å². The van der Waals surface area contributed by atoms with Gasteiger partial charge in [0.1, 0.15) is 48.0 Å². The highest BCUT2D eigenvalue weighted by Crippen LogP contribution is 2.45. The quantitative estimate of drug-likeness (QED) is 0.0753. The Morgan fingerprint density at radius 3 is 2.49 bits per heavy atom. The predicted molar refractivity (Wildman–Crippen MR) is 320 cm³/mol. The number of rotatable bonds is 15. The molecule has 6 fully saturated rings. The Morgan fingerprint density at radius 1 is 0.953 bits per heavy atom. The first-order valence-electron chi connectivity index (χ1n) is 29.7. The van der Waals surface area contributed by atoms with Gasteiger partial charge in [-0.05, 0) is 99.5 Å². The fourth-order valence-electron chi connectivity index (χ4n) is 14.1. The van der Waals surface area contributed by atoms with Crippen LogP contribution in [0.4, 0.5) is 20.8 Å². The lowest BCUT2D eigenvalue weighted by Crippen LogP contribution is -2.51. The fraction of sp³-hybridized carbons (Fsp3) is 0.484. The minimum Gasteiger partial charge on any atom is -0.508 e. The Morgan fingerprint density at radius 2 is 1.74 bits per heavy atom. The number of likely N-dealkylation sites (tertiary alicyclic amines) is 1. The molecule has 6 aliphatic rings. The summed E-state index contributed by atoms with van der Waals surface area (Å²) in [6, 6.07) is 17.5. The molecule has 0 saturated carbocycles. The van der Waals surface area contributed by atoms with E-state index in [1.165, 1.54) is 11.0 Å². The number of hydrogen-bond donors (Lipinski definition) is 4. The number of nitrogens with one attached hydrogen (secondary N) is 2. The SMILES string of the molecule is Cc1ncsc1-c1ccc([C@H](C)NC(=O)[C@@H]2C[C@@H](O)CN2C(=O)[C@@H](c2cc(N3CCN(C(=O)OC[C@@H]4CC[C@@]5(COc6nc(N7C[C@H]8CC[C@@H](C7)N8)c7cnc(-c8cc(O)cc9cccc(Cl)c89)c(F)c7n6)CCCN45)CC3)no2)C(C)C)cc1. The molecule has 20 nitrogen and oxygen atoms in total. The number of thiazole rings is 1. The maximum Gasteiger partial charge on any atom is 0.409 e. The Bertz CT molecular complexity index is 3660. The molecule has 0 radical (unpaired) electrons. The molecule has 0 spiro atoms. The molecular formula is C62H70ClFN12O8S. The average molecular weight is 1200 g/mol. The number of pyridine rings is 1. The highest BCUT2D eigenvalue weighted by atomic mass is 35.5. The summed E-state index contributed by atoms with van der Waals surface area (Å²) in [6.07, 6.45) is 5.98. The van der Waals surface area contributed by atoms with E-state index in [-0.39, 0.29) is 96.6 Å². The Hall–Kier alpha value is -7.24. The van der Waals surface area contributed by atoms with Gasteiger partial charge in [0.25, 0.3) is 0 Å². The molecule has 3 amide bonds. The Labute approximate surface area is 500 Å². The largest absolute Gasteiger partial charge is 0.508 e. The normalized spacial score (nSPS) is 24.0. The second-order valence-electron chi connectivity index (χ2n) is 24.3. The number of aromatic nitrogens is 5. The number of fused-ring (bicyclic) bond motifs is 5. The highest BCUT2D eigenvalue weighted by molar-refractivity contribution is 7.13. The first-order valence-corrected chi connectivity index (χ1v) is 30.9. The number of aryl methyl sites for hydroxylation is 1. The number of phenols is 1. The van der Waals surface area contributed by atoms with E-state index in [1.807, 2.05) is 68.4 Å². The number of ether oxygens (including phenoxy) is 2. The first-order chi connectivity index (χ1) is 41.1. The van der Waals surface area contributed by atoms with E-state index >= 15 is 4.39 Å². The van der Waals surface area contributed by atoms with Crippen LogP contribution in [-0.4, -0.2) is 169 Å². The number of nitrogens with zero attached hydrogens (tertiary/aromatic N) is 10. The van der Waals surface area contributed by atoms with Crippen molar-refractivity contribution in [2.75, 3.05) is 75.4 Å². The van der Waals surface area contributed by atoms with E-state index in [0.29, 0.717) is 83.4 Å². The molecule has 8 atom stereocenters. The number of amides is 3. The smallest absolute Gasteiger partial charge is 0.409 e. The van der Waals surface area contributed by atoms with E-state index < -0.39 is 30.0 Å². The van der Waals surface area contributed by atoms with Crippen LogP contribution in [0.5, 0.6) is 11.8 Å². The summed E-state index contributed by atoms with van der Waals surface area (Å²) in [7, 11) is 0. The average Bonchev–Trinajstić information content (AvgIpc) is 1.93. The molecule has 0 aliphatic carbocycles. The lowest BCUT2D eigenvalue weighted by Gasteiger charge is -2.36. The number of piperazine rings is 2. The van der Waals surface area contributed by atoms with Gasteiger partial charge in [0, 0.05) is 98.6 Å². The van der Waals surface area contributed by atoms with Crippen molar-refractivity contribution in [2.45, 2.75) is 120 Å². The number of aliphatic hydroxyl groups excluding tert-OH is 1. The van der Waals surface area contributed by atoms with Crippen LogP contribution in [0.3, 0.4) is 0 Å². The van der Waals surface area contributed by atoms with E-state index in [1.54, 1.807) is 46.7 Å². The third-order valence-electron chi connectivity index (χ3n) is 18.5. The van der Waals surface area contributed by atoms with Gasteiger partial charge in [-0.2, -0.15) is 9.97 Å². The van der Waals surface area contributed by atoms with Crippen molar-refractivity contribution in [3.05, 3.63) is 100 Å². The number of halogens is 2. The predicted octanol–water partition coefficient (Wildman–Crippen LogP) is 8.62. The molecule has 0 unspecified atom stereocenters. The summed E-state index contributed by atoms with van der Waals surface area (Å²) in [5.41, 5.74) is 4.82. The van der Waals surface area contributed by atoms with E-state index in [0.717, 1.165) is 66.8 Å². The number of benzene rings is 3. The van der Waals surface area contributed by atoms with Gasteiger partial charge < -0.3 is 54.4 Å². The minimum absolute atomic E-state index is 0.00831. The molecule has 4 N–H and O–H groups in total. The van der Waals surface area contributed by atoms with Crippen molar-refractivity contribution in [3.8, 4) is 33.5 Å². The number of aliphatic hydroxyl groups is 1. The van der Waals surface area contributed by atoms with Crippen LogP contribution in [-0.2, 0) is 14.3 Å². The summed E-state index contributed by atoms with van der Waals surface area (Å²) in [4.78, 5) is 71.7. The van der Waals surface area contributed by atoms with Crippen LogP contribution < -0.4 is 25.2 Å². The van der Waals surface area contributed by atoms with Gasteiger partial charge in [-0.15, -0.1) is 11.3 Å². The molecule has 23 heteroatoms. The molecule has 7 aromatic rings. The summed E-state index contributed by atoms with van der Waals surface area (Å²) in [5, 5.41) is 34.8. The summed E-state index contributed by atoms with van der Waals surface area (Å²) in [6.45, 7) is 12.1. The van der Waals surface area contributed by atoms with Crippen molar-refractivity contribution in [2.24, 2.45) is 5.92 Å². The molecule has 6 saturated heterocycles. The molecule has 6 aliphatic heterocycles. The van der Waals surface area contributed by atoms with Crippen LogP contribution in [0.25, 0.3) is 43.4 Å².